The Morgan fingerprint density at radius 1 is 1.30 bits per heavy atom. The van der Waals surface area contributed by atoms with Gasteiger partial charge in [0.1, 0.15) is 11.8 Å². The molecule has 0 spiro atoms. The third-order valence-electron chi connectivity index (χ3n) is 4.06. The van der Waals surface area contributed by atoms with Crippen molar-refractivity contribution in [2.45, 2.75) is 32.7 Å². The van der Waals surface area contributed by atoms with E-state index in [-0.39, 0.29) is 5.91 Å². The number of sulfonamides is 1. The summed E-state index contributed by atoms with van der Waals surface area (Å²) in [6, 6.07) is 4.48. The molecule has 1 aliphatic heterocycles. The summed E-state index contributed by atoms with van der Waals surface area (Å²) in [5.41, 5.74) is 1.30. The number of rotatable bonds is 5. The molecular formula is C16H24N2O4S. The van der Waals surface area contributed by atoms with Gasteiger partial charge in [-0.05, 0) is 44.4 Å². The summed E-state index contributed by atoms with van der Waals surface area (Å²) in [7, 11) is -2.15. The highest BCUT2D eigenvalue weighted by Crippen LogP contribution is 2.33. The minimum absolute atomic E-state index is 0.170. The number of amides is 1. The van der Waals surface area contributed by atoms with Gasteiger partial charge in [-0.25, -0.2) is 8.42 Å². The molecule has 1 amide bonds. The molecule has 1 heterocycles. The number of aryl methyl sites for hydroxylation is 1. The average Bonchev–Trinajstić information content (AvgIpc) is 2.99. The van der Waals surface area contributed by atoms with E-state index in [1.807, 2.05) is 13.0 Å². The van der Waals surface area contributed by atoms with Crippen molar-refractivity contribution in [2.75, 3.05) is 30.8 Å². The smallest absolute Gasteiger partial charge is 0.246 e. The minimum atomic E-state index is -3.64. The van der Waals surface area contributed by atoms with Crippen molar-refractivity contribution in [3.8, 4) is 5.75 Å². The van der Waals surface area contributed by atoms with Gasteiger partial charge in [0.15, 0.2) is 0 Å². The number of carbonyl (C=O) groups is 1. The van der Waals surface area contributed by atoms with E-state index in [0.29, 0.717) is 24.5 Å². The number of carbonyl (C=O) groups excluding carboxylic acids is 1. The number of anilines is 1. The Kier molecular flexibility index (Phi) is 5.19. The van der Waals surface area contributed by atoms with Crippen LogP contribution >= 0.6 is 0 Å². The molecule has 0 aliphatic carbocycles. The van der Waals surface area contributed by atoms with Gasteiger partial charge in [-0.3, -0.25) is 9.10 Å². The first-order chi connectivity index (χ1) is 10.8. The third kappa shape index (κ3) is 3.77. The van der Waals surface area contributed by atoms with E-state index in [0.717, 1.165) is 24.7 Å². The van der Waals surface area contributed by atoms with Crippen molar-refractivity contribution < 1.29 is 17.9 Å². The van der Waals surface area contributed by atoms with Crippen LogP contribution < -0.4 is 9.04 Å². The van der Waals surface area contributed by atoms with Crippen LogP contribution in [0.15, 0.2) is 18.2 Å². The van der Waals surface area contributed by atoms with Gasteiger partial charge in [0.2, 0.25) is 15.9 Å². The first-order valence-corrected chi connectivity index (χ1v) is 9.53. The maximum Gasteiger partial charge on any atom is 0.246 e. The number of hydrogen-bond donors (Lipinski definition) is 0. The van der Waals surface area contributed by atoms with Crippen LogP contribution in [0.2, 0.25) is 0 Å². The molecule has 0 saturated carbocycles. The number of methoxy groups -OCH3 is 1. The van der Waals surface area contributed by atoms with Crippen molar-refractivity contribution in [2.24, 2.45) is 0 Å². The number of ether oxygens (including phenoxy) is 1. The molecule has 1 aromatic rings. The molecule has 23 heavy (non-hydrogen) atoms. The lowest BCUT2D eigenvalue weighted by molar-refractivity contribution is -0.130. The summed E-state index contributed by atoms with van der Waals surface area (Å²) in [6.45, 7) is 4.87. The molecule has 1 atom stereocenters. The fourth-order valence-electron chi connectivity index (χ4n) is 2.95. The maximum absolute atomic E-state index is 12.7. The summed E-state index contributed by atoms with van der Waals surface area (Å²) < 4.78 is 31.2. The summed E-state index contributed by atoms with van der Waals surface area (Å²) in [4.78, 5) is 14.4. The fourth-order valence-corrected chi connectivity index (χ4v) is 4.11. The summed E-state index contributed by atoms with van der Waals surface area (Å²) in [6.07, 6.45) is 3.04. The van der Waals surface area contributed by atoms with Gasteiger partial charge in [-0.1, -0.05) is 6.07 Å². The van der Waals surface area contributed by atoms with Crippen LogP contribution in [0, 0.1) is 6.92 Å². The van der Waals surface area contributed by atoms with Gasteiger partial charge in [0, 0.05) is 13.1 Å². The first kappa shape index (κ1) is 17.6. The van der Waals surface area contributed by atoms with E-state index in [1.54, 1.807) is 24.0 Å². The van der Waals surface area contributed by atoms with E-state index in [2.05, 4.69) is 0 Å². The minimum Gasteiger partial charge on any atom is -0.495 e. The van der Waals surface area contributed by atoms with Crippen LogP contribution in [-0.4, -0.2) is 51.7 Å². The lowest BCUT2D eigenvalue weighted by atomic mass is 10.2. The number of likely N-dealkylation sites (tertiary alicyclic amines) is 1. The van der Waals surface area contributed by atoms with Gasteiger partial charge < -0.3 is 9.64 Å². The maximum atomic E-state index is 12.7. The molecule has 1 aliphatic rings. The fraction of sp³-hybridized carbons (Fsp3) is 0.562. The second kappa shape index (κ2) is 6.78. The van der Waals surface area contributed by atoms with Crippen LogP contribution in [0.1, 0.15) is 25.3 Å². The van der Waals surface area contributed by atoms with Gasteiger partial charge >= 0.3 is 0 Å². The Hall–Kier alpha value is -1.76. The monoisotopic (exact) mass is 340 g/mol. The third-order valence-corrected chi connectivity index (χ3v) is 5.28. The van der Waals surface area contributed by atoms with E-state index < -0.39 is 16.1 Å². The summed E-state index contributed by atoms with van der Waals surface area (Å²) in [5, 5.41) is 0. The predicted molar refractivity (Wildman–Crippen MR) is 90.3 cm³/mol. The zero-order chi connectivity index (χ0) is 17.2. The zero-order valence-electron chi connectivity index (χ0n) is 14.1. The van der Waals surface area contributed by atoms with E-state index in [9.17, 15) is 13.2 Å². The lowest BCUT2D eigenvalue weighted by Crippen LogP contribution is -2.48. The van der Waals surface area contributed by atoms with Gasteiger partial charge in [-0.2, -0.15) is 0 Å². The van der Waals surface area contributed by atoms with Crippen LogP contribution in [0.4, 0.5) is 5.69 Å². The van der Waals surface area contributed by atoms with Crippen molar-refractivity contribution >= 4 is 21.6 Å². The van der Waals surface area contributed by atoms with Crippen molar-refractivity contribution in [3.05, 3.63) is 23.8 Å². The van der Waals surface area contributed by atoms with E-state index in [4.69, 9.17) is 4.74 Å². The van der Waals surface area contributed by atoms with Gasteiger partial charge in [0.25, 0.3) is 0 Å². The van der Waals surface area contributed by atoms with Crippen LogP contribution in [0.3, 0.4) is 0 Å². The summed E-state index contributed by atoms with van der Waals surface area (Å²) >= 11 is 0. The number of nitrogens with zero attached hydrogens (tertiary/aromatic N) is 2. The van der Waals surface area contributed by atoms with Crippen molar-refractivity contribution in [1.82, 2.24) is 4.90 Å². The first-order valence-electron chi connectivity index (χ1n) is 7.68. The molecule has 2 rings (SSSR count). The highest BCUT2D eigenvalue weighted by Gasteiger charge is 2.34. The topological polar surface area (TPSA) is 66.9 Å². The molecule has 0 N–H and O–H groups in total. The van der Waals surface area contributed by atoms with Crippen LogP contribution in [0.25, 0.3) is 0 Å². The Labute approximate surface area is 138 Å². The predicted octanol–water partition coefficient (Wildman–Crippen LogP) is 1.78. The van der Waals surface area contributed by atoms with Crippen LogP contribution in [-0.2, 0) is 14.8 Å². The van der Waals surface area contributed by atoms with Crippen molar-refractivity contribution in [3.63, 3.8) is 0 Å². The second-order valence-corrected chi connectivity index (χ2v) is 7.80. The molecule has 0 aromatic heterocycles. The molecule has 6 nitrogen and oxygen atoms in total. The normalized spacial score (nSPS) is 16.3. The molecule has 128 valence electrons. The lowest BCUT2D eigenvalue weighted by Gasteiger charge is -2.32. The summed E-state index contributed by atoms with van der Waals surface area (Å²) in [5.74, 6) is 0.263. The van der Waals surface area contributed by atoms with Crippen molar-refractivity contribution in [1.29, 1.82) is 0 Å². The molecule has 7 heteroatoms. The number of hydrogen-bond acceptors (Lipinski definition) is 4. The molecule has 1 saturated heterocycles. The Morgan fingerprint density at radius 3 is 2.43 bits per heavy atom. The average molecular weight is 340 g/mol. The van der Waals surface area contributed by atoms with Crippen LogP contribution in [0.5, 0.6) is 5.75 Å². The highest BCUT2D eigenvalue weighted by molar-refractivity contribution is 7.92. The SMILES string of the molecule is COc1ccc(C)cc1N([C@@H](C)C(=O)N1CCCC1)S(C)(=O)=O. The second-order valence-electron chi connectivity index (χ2n) is 5.94. The largest absolute Gasteiger partial charge is 0.495 e. The van der Waals surface area contributed by atoms with E-state index >= 15 is 0 Å². The Morgan fingerprint density at radius 2 is 1.91 bits per heavy atom. The molecule has 1 aromatic carbocycles. The quantitative estimate of drug-likeness (QED) is 0.819. The number of benzene rings is 1. The highest BCUT2D eigenvalue weighted by atomic mass is 32.2. The van der Waals surface area contributed by atoms with Gasteiger partial charge in [0.05, 0.1) is 19.1 Å². The molecule has 0 bridgehead atoms. The molecule has 0 unspecified atom stereocenters. The van der Waals surface area contributed by atoms with Gasteiger partial charge in [-0.15, -0.1) is 0 Å². The standard InChI is InChI=1S/C16H24N2O4S/c1-12-7-8-15(22-3)14(11-12)18(23(4,20)21)13(2)16(19)17-9-5-6-10-17/h7-8,11,13H,5-6,9-10H2,1-4H3/t13-/m0/s1. The Balaban J connectivity index is 2.46. The molecule has 0 radical (unpaired) electrons. The zero-order valence-corrected chi connectivity index (χ0v) is 14.9. The van der Waals surface area contributed by atoms with E-state index in [1.165, 1.54) is 11.4 Å². The molecular weight excluding hydrogens is 316 g/mol. The molecule has 1 fully saturated rings. The Bertz CT molecular complexity index is 681.